The summed E-state index contributed by atoms with van der Waals surface area (Å²) in [6, 6.07) is 21.4. The molecule has 34 heavy (non-hydrogen) atoms. The molecule has 2 heterocycles. The van der Waals surface area contributed by atoms with E-state index in [-0.39, 0.29) is 18.3 Å². The number of fused-ring (bicyclic) bond motifs is 2. The number of nitrogens with zero attached hydrogens (tertiary/aromatic N) is 3. The summed E-state index contributed by atoms with van der Waals surface area (Å²) in [7, 11) is 0. The van der Waals surface area contributed by atoms with Gasteiger partial charge in [-0.05, 0) is 22.6 Å². The van der Waals surface area contributed by atoms with E-state index in [1.54, 1.807) is 10.7 Å². The average molecular weight is 457 g/mol. The van der Waals surface area contributed by atoms with Crippen LogP contribution in [0, 0.1) is 0 Å². The minimum Gasteiger partial charge on any atom is -0.507 e. The lowest BCUT2D eigenvalue weighted by atomic mass is 10.0. The van der Waals surface area contributed by atoms with E-state index in [0.717, 1.165) is 46.1 Å². The van der Waals surface area contributed by atoms with Crippen LogP contribution in [0.5, 0.6) is 5.75 Å². The van der Waals surface area contributed by atoms with Gasteiger partial charge in [0.1, 0.15) is 5.75 Å². The molecular formula is C27H28N4O3. The third kappa shape index (κ3) is 4.40. The first kappa shape index (κ1) is 22.1. The number of carbonyl (C=O) groups excluding carboxylic acids is 1. The molecule has 4 aromatic rings. The zero-order valence-corrected chi connectivity index (χ0v) is 18.9. The van der Waals surface area contributed by atoms with Crippen molar-refractivity contribution < 1.29 is 15.0 Å². The van der Waals surface area contributed by atoms with Crippen molar-refractivity contribution in [2.45, 2.75) is 32.6 Å². The molecule has 1 aromatic heterocycles. The molecule has 0 atom stereocenters. The van der Waals surface area contributed by atoms with Gasteiger partial charge in [0.2, 0.25) is 0 Å². The highest BCUT2D eigenvalue weighted by Gasteiger charge is 2.28. The second-order valence-corrected chi connectivity index (χ2v) is 8.64. The van der Waals surface area contributed by atoms with Gasteiger partial charge in [0.05, 0.1) is 13.2 Å². The van der Waals surface area contributed by atoms with Gasteiger partial charge in [-0.1, -0.05) is 60.7 Å². The Morgan fingerprint density at radius 3 is 2.56 bits per heavy atom. The summed E-state index contributed by atoms with van der Waals surface area (Å²) >= 11 is 0. The molecule has 0 aliphatic carbocycles. The third-order valence-corrected chi connectivity index (χ3v) is 6.42. The molecule has 0 bridgehead atoms. The van der Waals surface area contributed by atoms with E-state index < -0.39 is 0 Å². The van der Waals surface area contributed by atoms with Crippen molar-refractivity contribution in [3.63, 3.8) is 0 Å². The van der Waals surface area contributed by atoms with E-state index in [0.29, 0.717) is 31.9 Å². The van der Waals surface area contributed by atoms with E-state index in [9.17, 15) is 15.0 Å². The monoisotopic (exact) mass is 456 g/mol. The highest BCUT2D eigenvalue weighted by molar-refractivity contribution is 5.94. The number of aromatic hydroxyl groups is 1. The molecular weight excluding hydrogens is 428 g/mol. The Hall–Kier alpha value is -3.68. The number of phenols is 1. The molecule has 5 rings (SSSR count). The summed E-state index contributed by atoms with van der Waals surface area (Å²) < 4.78 is 1.78. The van der Waals surface area contributed by atoms with Crippen LogP contribution in [0.1, 0.15) is 32.9 Å². The van der Waals surface area contributed by atoms with E-state index in [4.69, 9.17) is 0 Å². The number of carbonyl (C=O) groups is 1. The lowest BCUT2D eigenvalue weighted by molar-refractivity contribution is 0.0942. The molecule has 0 fully saturated rings. The first-order valence-corrected chi connectivity index (χ1v) is 11.6. The molecule has 1 aliphatic rings. The third-order valence-electron chi connectivity index (χ3n) is 6.42. The maximum Gasteiger partial charge on any atom is 0.272 e. The van der Waals surface area contributed by atoms with Crippen molar-refractivity contribution in [3.05, 3.63) is 94.8 Å². The predicted molar refractivity (Wildman–Crippen MR) is 130 cm³/mol. The minimum absolute atomic E-state index is 0.0254. The zero-order valence-electron chi connectivity index (χ0n) is 18.9. The molecule has 0 unspecified atom stereocenters. The van der Waals surface area contributed by atoms with E-state index >= 15 is 0 Å². The summed E-state index contributed by atoms with van der Waals surface area (Å²) in [5.41, 5.74) is 4.54. The molecule has 0 saturated heterocycles. The van der Waals surface area contributed by atoms with Crippen LogP contribution in [0.15, 0.2) is 66.7 Å². The van der Waals surface area contributed by atoms with Crippen LogP contribution < -0.4 is 5.32 Å². The number of hydrogen-bond acceptors (Lipinski definition) is 5. The Morgan fingerprint density at radius 2 is 1.76 bits per heavy atom. The largest absolute Gasteiger partial charge is 0.507 e. The second-order valence-electron chi connectivity index (χ2n) is 8.64. The van der Waals surface area contributed by atoms with Gasteiger partial charge < -0.3 is 15.5 Å². The number of amides is 1. The Kier molecular flexibility index (Phi) is 6.29. The molecule has 3 N–H and O–H groups in total. The Bertz CT molecular complexity index is 1320. The van der Waals surface area contributed by atoms with E-state index in [2.05, 4.69) is 15.3 Å². The van der Waals surface area contributed by atoms with Crippen LogP contribution in [-0.2, 0) is 32.6 Å². The Labute approximate surface area is 198 Å². The van der Waals surface area contributed by atoms with Crippen LogP contribution in [0.4, 0.5) is 0 Å². The van der Waals surface area contributed by atoms with E-state index in [1.807, 2.05) is 60.7 Å². The number of aliphatic hydroxyl groups excluding tert-OH is 1. The maximum atomic E-state index is 13.1. The quantitative estimate of drug-likeness (QED) is 0.397. The lowest BCUT2D eigenvalue weighted by Gasteiger charge is -2.28. The molecule has 1 amide bonds. The van der Waals surface area contributed by atoms with E-state index in [1.165, 1.54) is 0 Å². The van der Waals surface area contributed by atoms with Gasteiger partial charge in [0, 0.05) is 49.2 Å². The van der Waals surface area contributed by atoms with Crippen molar-refractivity contribution in [2.75, 3.05) is 13.2 Å². The van der Waals surface area contributed by atoms with Crippen molar-refractivity contribution in [3.8, 4) is 5.75 Å². The standard InChI is InChI=1S/C27H28N4O3/c32-15-14-31-24-12-13-30(17-20-10-11-25(33)22-9-5-4-8-21(20)22)18-23(24)26(29-31)27(34)28-16-19-6-2-1-3-7-19/h1-11,32-33H,12-18H2,(H,28,34). The van der Waals surface area contributed by atoms with Gasteiger partial charge in [-0.2, -0.15) is 5.10 Å². The predicted octanol–water partition coefficient (Wildman–Crippen LogP) is 3.22. The number of benzene rings is 3. The van der Waals surface area contributed by atoms with Crippen LogP contribution in [0.25, 0.3) is 10.8 Å². The maximum absolute atomic E-state index is 13.1. The summed E-state index contributed by atoms with van der Waals surface area (Å²) in [4.78, 5) is 15.4. The van der Waals surface area contributed by atoms with Crippen molar-refractivity contribution in [1.29, 1.82) is 0 Å². The summed E-state index contributed by atoms with van der Waals surface area (Å²) in [6.07, 6.45) is 0.754. The Balaban J connectivity index is 1.39. The SMILES string of the molecule is O=C(NCc1ccccc1)c1nn(CCO)c2c1CN(Cc1ccc(O)c3ccccc13)CC2. The fraction of sp³-hybridized carbons (Fsp3) is 0.259. The number of aromatic nitrogens is 2. The highest BCUT2D eigenvalue weighted by atomic mass is 16.3. The van der Waals surface area contributed by atoms with Gasteiger partial charge in [0.25, 0.3) is 5.91 Å². The molecule has 0 spiro atoms. The molecule has 3 aromatic carbocycles. The number of aliphatic hydroxyl groups is 1. The summed E-state index contributed by atoms with van der Waals surface area (Å²) in [6.45, 7) is 2.91. The van der Waals surface area contributed by atoms with Crippen molar-refractivity contribution >= 4 is 16.7 Å². The normalized spacial score (nSPS) is 13.7. The molecule has 174 valence electrons. The topological polar surface area (TPSA) is 90.6 Å². The van der Waals surface area contributed by atoms with Gasteiger partial charge in [-0.15, -0.1) is 0 Å². The average Bonchev–Trinajstić information content (AvgIpc) is 3.23. The van der Waals surface area contributed by atoms with Gasteiger partial charge >= 0.3 is 0 Å². The van der Waals surface area contributed by atoms with Gasteiger partial charge in [-0.3, -0.25) is 14.4 Å². The van der Waals surface area contributed by atoms with Crippen molar-refractivity contribution in [1.82, 2.24) is 20.0 Å². The Morgan fingerprint density at radius 1 is 1.00 bits per heavy atom. The fourth-order valence-corrected chi connectivity index (χ4v) is 4.73. The highest BCUT2D eigenvalue weighted by Crippen LogP contribution is 2.30. The van der Waals surface area contributed by atoms with Crippen LogP contribution in [0.2, 0.25) is 0 Å². The smallest absolute Gasteiger partial charge is 0.272 e. The molecule has 0 radical (unpaired) electrons. The minimum atomic E-state index is -0.200. The molecule has 1 aliphatic heterocycles. The summed E-state index contributed by atoms with van der Waals surface area (Å²) in [5, 5.41) is 29.2. The first-order chi connectivity index (χ1) is 16.6. The zero-order chi connectivity index (χ0) is 23.5. The number of rotatable bonds is 7. The van der Waals surface area contributed by atoms with Gasteiger partial charge in [-0.25, -0.2) is 0 Å². The van der Waals surface area contributed by atoms with Crippen molar-refractivity contribution in [2.24, 2.45) is 0 Å². The van der Waals surface area contributed by atoms with Crippen LogP contribution in [0.3, 0.4) is 0 Å². The fourth-order valence-electron chi connectivity index (χ4n) is 4.73. The van der Waals surface area contributed by atoms with Crippen LogP contribution >= 0.6 is 0 Å². The second kappa shape index (κ2) is 9.67. The lowest BCUT2D eigenvalue weighted by Crippen LogP contribution is -2.32. The summed E-state index contributed by atoms with van der Waals surface area (Å²) in [5.74, 6) is 0.0802. The molecule has 0 saturated carbocycles. The number of nitrogens with one attached hydrogen (secondary N) is 1. The first-order valence-electron chi connectivity index (χ1n) is 11.6. The molecule has 7 heteroatoms. The van der Waals surface area contributed by atoms with Gasteiger partial charge in [0.15, 0.2) is 5.69 Å². The van der Waals surface area contributed by atoms with Crippen LogP contribution in [-0.4, -0.2) is 44.0 Å². The number of hydrogen-bond donors (Lipinski definition) is 3. The number of phenolic OH excluding ortho intramolecular Hbond substituents is 1. The molecule has 7 nitrogen and oxygen atoms in total.